The Balaban J connectivity index is 1.86. The van der Waals surface area contributed by atoms with Gasteiger partial charge in [0.1, 0.15) is 36.3 Å². The van der Waals surface area contributed by atoms with E-state index in [9.17, 15) is 20.4 Å². The second-order valence-corrected chi connectivity index (χ2v) is 9.14. The van der Waals surface area contributed by atoms with Gasteiger partial charge in [-0.25, -0.2) is 0 Å². The first kappa shape index (κ1) is 21.5. The number of aliphatic hydroxyl groups is 4. The summed E-state index contributed by atoms with van der Waals surface area (Å²) in [5.41, 5.74) is 1.53. The van der Waals surface area contributed by atoms with Crippen molar-refractivity contribution in [1.82, 2.24) is 0 Å². The van der Waals surface area contributed by atoms with E-state index >= 15 is 0 Å². The highest BCUT2D eigenvalue weighted by molar-refractivity contribution is 7.16. The number of rotatable bonds is 5. The molecule has 2 aromatic carbocycles. The summed E-state index contributed by atoms with van der Waals surface area (Å²) in [7, 11) is 1.61. The van der Waals surface area contributed by atoms with Gasteiger partial charge in [-0.15, -0.1) is 11.3 Å². The van der Waals surface area contributed by atoms with Crippen LogP contribution in [0, 0.1) is 0 Å². The predicted octanol–water partition coefficient (Wildman–Crippen LogP) is 2.67. The number of halogens is 1. The molecule has 1 saturated heterocycles. The lowest BCUT2D eigenvalue weighted by Crippen LogP contribution is -2.55. The van der Waals surface area contributed by atoms with Crippen LogP contribution in [0.2, 0.25) is 4.34 Å². The second-order valence-electron chi connectivity index (χ2n) is 7.34. The van der Waals surface area contributed by atoms with Crippen LogP contribution in [-0.4, -0.2) is 58.6 Å². The molecule has 0 aliphatic carbocycles. The Hall–Kier alpha value is -1.71. The van der Waals surface area contributed by atoms with Crippen molar-refractivity contribution in [3.8, 4) is 5.75 Å². The molecule has 4 N–H and O–H groups in total. The maximum absolute atomic E-state index is 10.7. The van der Waals surface area contributed by atoms with Crippen molar-refractivity contribution >= 4 is 33.7 Å². The van der Waals surface area contributed by atoms with Gasteiger partial charge in [0.25, 0.3) is 0 Å². The van der Waals surface area contributed by atoms with Crippen LogP contribution in [0.4, 0.5) is 0 Å². The smallest absolute Gasteiger partial charge is 0.130 e. The summed E-state index contributed by atoms with van der Waals surface area (Å²) in [4.78, 5) is 1.05. The number of hydrogen-bond donors (Lipinski definition) is 4. The quantitative estimate of drug-likeness (QED) is 0.477. The number of methoxy groups -OCH3 is 1. The molecule has 0 saturated carbocycles. The lowest BCUT2D eigenvalue weighted by atomic mass is 9.87. The Morgan fingerprint density at radius 2 is 1.77 bits per heavy atom. The number of ether oxygens (including phenoxy) is 2. The van der Waals surface area contributed by atoms with Gasteiger partial charge >= 0.3 is 0 Å². The Kier molecular flexibility index (Phi) is 6.31. The molecule has 1 aromatic heterocycles. The molecule has 2 heterocycles. The Morgan fingerprint density at radius 3 is 2.40 bits per heavy atom. The normalized spacial score (nSPS) is 26.8. The highest BCUT2D eigenvalue weighted by Gasteiger charge is 2.44. The molecule has 0 amide bonds. The SMILES string of the molecule is COc1c(Cc2ccc(Cl)s2)cc([C@@H]2O[C@H](CO)[C@@H](O)[C@H](O)[C@H]2O)c2ccccc12. The molecule has 160 valence electrons. The predicted molar refractivity (Wildman–Crippen MR) is 115 cm³/mol. The summed E-state index contributed by atoms with van der Waals surface area (Å²) in [5, 5.41) is 42.3. The Morgan fingerprint density at radius 1 is 1.03 bits per heavy atom. The van der Waals surface area contributed by atoms with E-state index in [1.165, 1.54) is 11.3 Å². The van der Waals surface area contributed by atoms with Gasteiger partial charge in [-0.05, 0) is 29.1 Å². The van der Waals surface area contributed by atoms with Gasteiger partial charge in [-0.2, -0.15) is 0 Å². The van der Waals surface area contributed by atoms with Crippen LogP contribution in [0.5, 0.6) is 5.75 Å². The van der Waals surface area contributed by atoms with Crippen molar-refractivity contribution in [2.75, 3.05) is 13.7 Å². The molecule has 0 unspecified atom stereocenters. The number of fused-ring (bicyclic) bond motifs is 1. The lowest BCUT2D eigenvalue weighted by molar-refractivity contribution is -0.231. The minimum atomic E-state index is -1.44. The summed E-state index contributed by atoms with van der Waals surface area (Å²) in [6, 6.07) is 13.3. The molecule has 0 spiro atoms. The lowest BCUT2D eigenvalue weighted by Gasteiger charge is -2.40. The van der Waals surface area contributed by atoms with E-state index in [-0.39, 0.29) is 0 Å². The van der Waals surface area contributed by atoms with E-state index in [0.29, 0.717) is 22.1 Å². The zero-order valence-electron chi connectivity index (χ0n) is 16.2. The summed E-state index contributed by atoms with van der Waals surface area (Å²) in [6.07, 6.45) is -5.55. The fourth-order valence-corrected chi connectivity index (χ4v) is 5.15. The molecule has 1 aliphatic heterocycles. The van der Waals surface area contributed by atoms with Gasteiger partial charge in [-0.1, -0.05) is 35.9 Å². The van der Waals surface area contributed by atoms with E-state index in [1.54, 1.807) is 7.11 Å². The summed E-state index contributed by atoms with van der Waals surface area (Å²) in [5.74, 6) is 0.712. The first-order valence-electron chi connectivity index (χ1n) is 9.57. The minimum absolute atomic E-state index is 0.476. The molecule has 6 nitrogen and oxygen atoms in total. The summed E-state index contributed by atoms with van der Waals surface area (Å²) in [6.45, 7) is -0.476. The number of hydrogen-bond acceptors (Lipinski definition) is 7. The van der Waals surface area contributed by atoms with Crippen LogP contribution >= 0.6 is 22.9 Å². The topological polar surface area (TPSA) is 99.4 Å². The standard InChI is InChI=1S/C22H23ClO6S/c1-28-21-11(8-12-6-7-17(23)30-12)9-15(13-4-2-3-5-14(13)21)22-20(27)19(26)18(25)16(10-24)29-22/h2-7,9,16,18-20,22,24-27H,8,10H2,1H3/t16-,18-,19+,20-,22+/m1/s1. The summed E-state index contributed by atoms with van der Waals surface area (Å²) >= 11 is 7.57. The van der Waals surface area contributed by atoms with Gasteiger partial charge < -0.3 is 29.9 Å². The maximum atomic E-state index is 10.7. The third-order valence-electron chi connectivity index (χ3n) is 5.50. The molecule has 30 heavy (non-hydrogen) atoms. The van der Waals surface area contributed by atoms with Crippen molar-refractivity contribution < 1.29 is 29.9 Å². The highest BCUT2D eigenvalue weighted by atomic mass is 35.5. The van der Waals surface area contributed by atoms with Gasteiger partial charge in [-0.3, -0.25) is 0 Å². The van der Waals surface area contributed by atoms with Crippen molar-refractivity contribution in [3.63, 3.8) is 0 Å². The van der Waals surface area contributed by atoms with Gasteiger partial charge in [0.15, 0.2) is 0 Å². The maximum Gasteiger partial charge on any atom is 0.130 e. The van der Waals surface area contributed by atoms with Crippen molar-refractivity contribution in [2.45, 2.75) is 36.9 Å². The van der Waals surface area contributed by atoms with E-state index in [2.05, 4.69) is 0 Å². The van der Waals surface area contributed by atoms with Gasteiger partial charge in [0.05, 0.1) is 18.1 Å². The molecule has 5 atom stereocenters. The van der Waals surface area contributed by atoms with Crippen molar-refractivity contribution in [1.29, 1.82) is 0 Å². The molecule has 0 radical (unpaired) electrons. The van der Waals surface area contributed by atoms with Gasteiger partial charge in [0.2, 0.25) is 0 Å². The number of thiophene rings is 1. The van der Waals surface area contributed by atoms with Crippen LogP contribution in [0.15, 0.2) is 42.5 Å². The highest BCUT2D eigenvalue weighted by Crippen LogP contribution is 2.41. The largest absolute Gasteiger partial charge is 0.496 e. The second kappa shape index (κ2) is 8.80. The van der Waals surface area contributed by atoms with Crippen LogP contribution in [0.25, 0.3) is 10.8 Å². The van der Waals surface area contributed by atoms with Crippen LogP contribution in [0.1, 0.15) is 22.1 Å². The van der Waals surface area contributed by atoms with Crippen molar-refractivity contribution in [2.24, 2.45) is 0 Å². The molecule has 0 bridgehead atoms. The Bertz CT molecular complexity index is 1040. The average molecular weight is 451 g/mol. The molecular formula is C22H23ClO6S. The zero-order valence-corrected chi connectivity index (χ0v) is 17.8. The number of benzene rings is 2. The molecular weight excluding hydrogens is 428 g/mol. The first-order valence-corrected chi connectivity index (χ1v) is 10.8. The van der Waals surface area contributed by atoms with E-state index in [0.717, 1.165) is 21.2 Å². The minimum Gasteiger partial charge on any atom is -0.496 e. The third kappa shape index (κ3) is 3.83. The first-order chi connectivity index (χ1) is 14.4. The van der Waals surface area contributed by atoms with E-state index in [1.807, 2.05) is 42.5 Å². The molecule has 3 aromatic rings. The van der Waals surface area contributed by atoms with E-state index < -0.39 is 37.1 Å². The van der Waals surface area contributed by atoms with Gasteiger partial charge in [0, 0.05) is 22.2 Å². The monoisotopic (exact) mass is 450 g/mol. The van der Waals surface area contributed by atoms with Crippen LogP contribution in [0.3, 0.4) is 0 Å². The zero-order chi connectivity index (χ0) is 21.4. The van der Waals surface area contributed by atoms with Crippen LogP contribution in [-0.2, 0) is 11.2 Å². The van der Waals surface area contributed by atoms with E-state index in [4.69, 9.17) is 21.1 Å². The molecule has 4 rings (SSSR count). The molecule has 1 aliphatic rings. The third-order valence-corrected chi connectivity index (χ3v) is 6.73. The van der Waals surface area contributed by atoms with Crippen molar-refractivity contribution in [3.05, 3.63) is 62.8 Å². The fourth-order valence-electron chi connectivity index (χ4n) is 4.04. The molecule has 8 heteroatoms. The Labute approximate surface area is 182 Å². The number of aliphatic hydroxyl groups excluding tert-OH is 4. The van der Waals surface area contributed by atoms with Crippen LogP contribution < -0.4 is 4.74 Å². The fraction of sp³-hybridized carbons (Fsp3) is 0.364. The molecule has 1 fully saturated rings. The average Bonchev–Trinajstić information content (AvgIpc) is 3.16. The summed E-state index contributed by atoms with van der Waals surface area (Å²) < 4.78 is 12.3.